The van der Waals surface area contributed by atoms with Gasteiger partial charge in [-0.05, 0) is 61.7 Å². The van der Waals surface area contributed by atoms with Crippen LogP contribution in [0.25, 0.3) is 0 Å². The van der Waals surface area contributed by atoms with Crippen LogP contribution in [0.4, 0.5) is 21.5 Å². The van der Waals surface area contributed by atoms with E-state index in [1.807, 2.05) is 12.1 Å². The molecule has 3 rings (SSSR count). The molecule has 26 heavy (non-hydrogen) atoms. The number of amides is 2. The van der Waals surface area contributed by atoms with E-state index in [1.54, 1.807) is 12.1 Å². The summed E-state index contributed by atoms with van der Waals surface area (Å²) in [6, 6.07) is 11.1. The molecule has 2 N–H and O–H groups in total. The number of hydrogen-bond donors (Lipinski definition) is 2. The molecule has 2 aromatic rings. The Kier molecular flexibility index (Phi) is 5.73. The van der Waals surface area contributed by atoms with E-state index in [2.05, 4.69) is 15.5 Å². The van der Waals surface area contributed by atoms with E-state index in [1.165, 1.54) is 31.4 Å². The number of hydrogen-bond acceptors (Lipinski definition) is 3. The highest BCUT2D eigenvalue weighted by Crippen LogP contribution is 2.22. The number of benzene rings is 2. The SMILES string of the molecule is O=C(Nc1ccc(N2CCCCC2)cc1)C(=O)Nc1ccc(F)c(Cl)c1. The monoisotopic (exact) mass is 375 g/mol. The summed E-state index contributed by atoms with van der Waals surface area (Å²) in [5.41, 5.74) is 1.88. The van der Waals surface area contributed by atoms with Crippen LogP contribution >= 0.6 is 11.6 Å². The Bertz CT molecular complexity index is 805. The molecule has 0 radical (unpaired) electrons. The average Bonchev–Trinajstić information content (AvgIpc) is 2.66. The topological polar surface area (TPSA) is 61.4 Å². The third-order valence-corrected chi connectivity index (χ3v) is 4.52. The van der Waals surface area contributed by atoms with Crippen LogP contribution in [-0.2, 0) is 9.59 Å². The third-order valence-electron chi connectivity index (χ3n) is 4.23. The normalized spacial score (nSPS) is 14.0. The van der Waals surface area contributed by atoms with Gasteiger partial charge in [-0.3, -0.25) is 9.59 Å². The Hall–Kier alpha value is -2.60. The summed E-state index contributed by atoms with van der Waals surface area (Å²) in [7, 11) is 0. The lowest BCUT2D eigenvalue weighted by Crippen LogP contribution is -2.30. The first-order valence-electron chi connectivity index (χ1n) is 8.45. The molecular weight excluding hydrogens is 357 g/mol. The zero-order valence-corrected chi connectivity index (χ0v) is 14.9. The standard InChI is InChI=1S/C19H19ClFN3O2/c20-16-12-14(6-9-17(16)21)23-19(26)18(25)22-13-4-7-15(8-5-13)24-10-2-1-3-11-24/h4-9,12H,1-3,10-11H2,(H,22,25)(H,23,26). The maximum absolute atomic E-state index is 13.1. The van der Waals surface area contributed by atoms with Gasteiger partial charge < -0.3 is 15.5 Å². The van der Waals surface area contributed by atoms with Crippen LogP contribution in [0.2, 0.25) is 5.02 Å². The lowest BCUT2D eigenvalue weighted by Gasteiger charge is -2.28. The van der Waals surface area contributed by atoms with E-state index in [0.29, 0.717) is 5.69 Å². The van der Waals surface area contributed by atoms with E-state index >= 15 is 0 Å². The highest BCUT2D eigenvalue weighted by molar-refractivity contribution is 6.43. The van der Waals surface area contributed by atoms with Crippen molar-refractivity contribution in [1.29, 1.82) is 0 Å². The molecule has 1 fully saturated rings. The van der Waals surface area contributed by atoms with Crippen molar-refractivity contribution in [3.63, 3.8) is 0 Å². The number of nitrogens with one attached hydrogen (secondary N) is 2. The van der Waals surface area contributed by atoms with E-state index in [9.17, 15) is 14.0 Å². The fourth-order valence-electron chi connectivity index (χ4n) is 2.86. The first-order chi connectivity index (χ1) is 12.5. The van der Waals surface area contributed by atoms with Gasteiger partial charge >= 0.3 is 11.8 Å². The molecular formula is C19H19ClFN3O2. The lowest BCUT2D eigenvalue weighted by atomic mass is 10.1. The molecule has 0 aromatic heterocycles. The zero-order chi connectivity index (χ0) is 18.5. The average molecular weight is 376 g/mol. The van der Waals surface area contributed by atoms with Crippen LogP contribution in [0, 0.1) is 5.82 Å². The number of anilines is 3. The highest BCUT2D eigenvalue weighted by Gasteiger charge is 2.15. The van der Waals surface area contributed by atoms with Crippen molar-refractivity contribution in [3.8, 4) is 0 Å². The zero-order valence-electron chi connectivity index (χ0n) is 14.1. The van der Waals surface area contributed by atoms with Gasteiger partial charge in [0.1, 0.15) is 5.82 Å². The molecule has 2 amide bonds. The largest absolute Gasteiger partial charge is 0.372 e. The van der Waals surface area contributed by atoms with Crippen molar-refractivity contribution in [3.05, 3.63) is 53.3 Å². The van der Waals surface area contributed by atoms with E-state index in [0.717, 1.165) is 24.8 Å². The summed E-state index contributed by atoms with van der Waals surface area (Å²) < 4.78 is 13.1. The Labute approximate surface area is 156 Å². The summed E-state index contributed by atoms with van der Waals surface area (Å²) in [4.78, 5) is 26.3. The molecule has 1 aliphatic rings. The molecule has 1 heterocycles. The predicted molar refractivity (Wildman–Crippen MR) is 101 cm³/mol. The smallest absolute Gasteiger partial charge is 0.314 e. The van der Waals surface area contributed by atoms with Gasteiger partial charge in [0.25, 0.3) is 0 Å². The number of rotatable bonds is 3. The van der Waals surface area contributed by atoms with Gasteiger partial charge in [-0.2, -0.15) is 0 Å². The summed E-state index contributed by atoms with van der Waals surface area (Å²) in [5.74, 6) is -2.26. The fraction of sp³-hybridized carbons (Fsp3) is 0.263. The molecule has 0 atom stereocenters. The summed E-state index contributed by atoms with van der Waals surface area (Å²) in [5, 5.41) is 4.80. The van der Waals surface area contributed by atoms with Crippen LogP contribution in [0.15, 0.2) is 42.5 Å². The molecule has 136 valence electrons. The Morgan fingerprint density at radius 3 is 2.08 bits per heavy atom. The molecule has 0 unspecified atom stereocenters. The first kappa shape index (κ1) is 18.2. The summed E-state index contributed by atoms with van der Waals surface area (Å²) in [6.07, 6.45) is 3.64. The van der Waals surface area contributed by atoms with Gasteiger partial charge in [-0.25, -0.2) is 4.39 Å². The first-order valence-corrected chi connectivity index (χ1v) is 8.83. The van der Waals surface area contributed by atoms with Crippen molar-refractivity contribution >= 4 is 40.5 Å². The molecule has 0 bridgehead atoms. The van der Waals surface area contributed by atoms with Gasteiger partial charge in [0.05, 0.1) is 5.02 Å². The van der Waals surface area contributed by atoms with Gasteiger partial charge in [-0.1, -0.05) is 11.6 Å². The van der Waals surface area contributed by atoms with E-state index < -0.39 is 17.6 Å². The Morgan fingerprint density at radius 2 is 1.46 bits per heavy atom. The number of piperidine rings is 1. The second-order valence-corrected chi connectivity index (χ2v) is 6.54. The lowest BCUT2D eigenvalue weighted by molar-refractivity contribution is -0.132. The van der Waals surface area contributed by atoms with Crippen molar-refractivity contribution in [2.75, 3.05) is 28.6 Å². The van der Waals surface area contributed by atoms with Crippen molar-refractivity contribution in [2.45, 2.75) is 19.3 Å². The van der Waals surface area contributed by atoms with Crippen molar-refractivity contribution in [1.82, 2.24) is 0 Å². The van der Waals surface area contributed by atoms with Gasteiger partial charge in [-0.15, -0.1) is 0 Å². The molecule has 0 saturated carbocycles. The number of carbonyl (C=O) groups excluding carboxylic acids is 2. The van der Waals surface area contributed by atoms with Gasteiger partial charge in [0, 0.05) is 30.2 Å². The molecule has 1 aliphatic heterocycles. The maximum atomic E-state index is 13.1. The minimum atomic E-state index is -0.854. The Morgan fingerprint density at radius 1 is 0.885 bits per heavy atom. The van der Waals surface area contributed by atoms with Crippen LogP contribution in [0.5, 0.6) is 0 Å². The second-order valence-electron chi connectivity index (χ2n) is 6.13. The van der Waals surface area contributed by atoms with Crippen LogP contribution in [0.1, 0.15) is 19.3 Å². The van der Waals surface area contributed by atoms with Crippen LogP contribution in [-0.4, -0.2) is 24.9 Å². The van der Waals surface area contributed by atoms with E-state index in [-0.39, 0.29) is 10.7 Å². The maximum Gasteiger partial charge on any atom is 0.314 e. The summed E-state index contributed by atoms with van der Waals surface area (Å²) in [6.45, 7) is 2.07. The van der Waals surface area contributed by atoms with Crippen LogP contribution in [0.3, 0.4) is 0 Å². The van der Waals surface area contributed by atoms with Gasteiger partial charge in [0.15, 0.2) is 0 Å². The number of halogens is 2. The quantitative estimate of drug-likeness (QED) is 0.796. The number of carbonyl (C=O) groups is 2. The summed E-state index contributed by atoms with van der Waals surface area (Å²) >= 11 is 5.65. The second kappa shape index (κ2) is 8.19. The highest BCUT2D eigenvalue weighted by atomic mass is 35.5. The van der Waals surface area contributed by atoms with Crippen molar-refractivity contribution in [2.24, 2.45) is 0 Å². The fourth-order valence-corrected chi connectivity index (χ4v) is 3.04. The molecule has 1 saturated heterocycles. The third kappa shape index (κ3) is 4.52. The Balaban J connectivity index is 1.58. The predicted octanol–water partition coefficient (Wildman–Crippen LogP) is 4.05. The molecule has 5 nitrogen and oxygen atoms in total. The van der Waals surface area contributed by atoms with Crippen LogP contribution < -0.4 is 15.5 Å². The van der Waals surface area contributed by atoms with Crippen molar-refractivity contribution < 1.29 is 14.0 Å². The molecule has 2 aromatic carbocycles. The van der Waals surface area contributed by atoms with E-state index in [4.69, 9.17) is 11.6 Å². The molecule has 0 spiro atoms. The minimum Gasteiger partial charge on any atom is -0.372 e. The number of nitrogens with zero attached hydrogens (tertiary/aromatic N) is 1. The minimum absolute atomic E-state index is 0.128. The van der Waals surface area contributed by atoms with Gasteiger partial charge in [0.2, 0.25) is 0 Å². The molecule has 0 aliphatic carbocycles. The molecule has 7 heteroatoms.